The van der Waals surface area contributed by atoms with E-state index in [0.717, 1.165) is 53.9 Å². The number of aliphatic hydroxyl groups is 1. The van der Waals surface area contributed by atoms with Crippen molar-refractivity contribution in [2.75, 3.05) is 42.6 Å². The highest BCUT2D eigenvalue weighted by atomic mass is 32.2. The van der Waals surface area contributed by atoms with E-state index in [9.17, 15) is 14.7 Å². The fourth-order valence-corrected chi connectivity index (χ4v) is 10.7. The number of fused-ring (bicyclic) bond motifs is 1. The van der Waals surface area contributed by atoms with Gasteiger partial charge in [-0.05, 0) is 88.8 Å². The number of carbonyl (C=O) groups is 3. The summed E-state index contributed by atoms with van der Waals surface area (Å²) in [5, 5.41) is 9.31. The predicted molar refractivity (Wildman–Crippen MR) is 195 cm³/mol. The molecule has 2 aromatic rings. The Morgan fingerprint density at radius 3 is 2.25 bits per heavy atom. The molecular weight excluding hydrogens is 623 g/mol. The Hall–Kier alpha value is -3.56. The number of nitrogens with zero attached hydrogens (tertiary/aromatic N) is 3. The van der Waals surface area contributed by atoms with Crippen molar-refractivity contribution in [1.29, 1.82) is 0 Å². The summed E-state index contributed by atoms with van der Waals surface area (Å²) in [4.78, 5) is 50.1. The number of ether oxygens (including phenoxy) is 1. The highest BCUT2D eigenvalue weighted by Crippen LogP contribution is 2.71. The molecule has 3 amide bonds. The van der Waals surface area contributed by atoms with E-state index in [-0.39, 0.29) is 24.3 Å². The summed E-state index contributed by atoms with van der Waals surface area (Å²) in [7, 11) is 0. The van der Waals surface area contributed by atoms with Crippen LogP contribution in [0, 0.1) is 25.7 Å². The van der Waals surface area contributed by atoms with E-state index >= 15 is 4.79 Å². The molecule has 3 heterocycles. The molecular formula is C39H51N3O5S. The minimum absolute atomic E-state index is 0.102. The normalized spacial score (nSPS) is 25.6. The first-order valence-electron chi connectivity index (χ1n) is 17.3. The Balaban J connectivity index is 1.56. The Morgan fingerprint density at radius 1 is 0.979 bits per heavy atom. The number of amides is 3. The van der Waals surface area contributed by atoms with Gasteiger partial charge in [0.1, 0.15) is 11.8 Å². The molecule has 3 fully saturated rings. The lowest BCUT2D eigenvalue weighted by molar-refractivity contribution is -0.139. The average molecular weight is 674 g/mol. The molecule has 3 aliphatic heterocycles. The van der Waals surface area contributed by atoms with Crippen molar-refractivity contribution in [3.05, 3.63) is 78.9 Å². The fraction of sp³-hybridized carbons (Fsp3) is 0.513. The Morgan fingerprint density at radius 2 is 1.62 bits per heavy atom. The number of aliphatic hydroxyl groups excluding tert-OH is 1. The van der Waals surface area contributed by atoms with Gasteiger partial charge in [-0.3, -0.25) is 14.4 Å². The van der Waals surface area contributed by atoms with Gasteiger partial charge in [-0.25, -0.2) is 0 Å². The van der Waals surface area contributed by atoms with Gasteiger partial charge in [0.15, 0.2) is 0 Å². The van der Waals surface area contributed by atoms with E-state index in [1.54, 1.807) is 33.7 Å². The van der Waals surface area contributed by atoms with E-state index in [2.05, 4.69) is 20.1 Å². The van der Waals surface area contributed by atoms with Gasteiger partial charge in [-0.2, -0.15) is 0 Å². The molecule has 3 saturated heterocycles. The first kappa shape index (κ1) is 35.7. The second-order valence-corrected chi connectivity index (χ2v) is 15.4. The third-order valence-electron chi connectivity index (χ3n) is 10.4. The van der Waals surface area contributed by atoms with Crippen molar-refractivity contribution in [1.82, 2.24) is 4.90 Å². The number of thioether (sulfide) groups is 1. The zero-order valence-corrected chi connectivity index (χ0v) is 29.8. The number of unbranched alkanes of at least 4 members (excludes halogenated alkanes) is 3. The van der Waals surface area contributed by atoms with Gasteiger partial charge in [0.2, 0.25) is 11.8 Å². The van der Waals surface area contributed by atoms with Crippen molar-refractivity contribution in [3.63, 3.8) is 0 Å². The average Bonchev–Trinajstić information content (AvgIpc) is 3.63. The molecule has 48 heavy (non-hydrogen) atoms. The number of likely N-dealkylation sites (tertiary alicyclic amines) is 1. The van der Waals surface area contributed by atoms with Crippen LogP contribution in [0.25, 0.3) is 0 Å². The Kier molecular flexibility index (Phi) is 11.1. The lowest BCUT2D eigenvalue weighted by atomic mass is 9.66. The molecule has 1 N–H and O–H groups in total. The summed E-state index contributed by atoms with van der Waals surface area (Å²) in [5.41, 5.74) is 3.54. The summed E-state index contributed by atoms with van der Waals surface area (Å²) < 4.78 is 4.40. The molecule has 1 spiro atoms. The van der Waals surface area contributed by atoms with Gasteiger partial charge in [-0.15, -0.1) is 24.9 Å². The van der Waals surface area contributed by atoms with Crippen LogP contribution in [-0.2, 0) is 14.4 Å². The molecule has 2 unspecified atom stereocenters. The van der Waals surface area contributed by atoms with E-state index in [4.69, 9.17) is 4.74 Å². The summed E-state index contributed by atoms with van der Waals surface area (Å²) >= 11 is 1.70. The van der Waals surface area contributed by atoms with Crippen molar-refractivity contribution in [2.45, 2.75) is 81.8 Å². The van der Waals surface area contributed by atoms with E-state index in [1.165, 1.54) is 0 Å². The van der Waals surface area contributed by atoms with Gasteiger partial charge in [0, 0.05) is 42.4 Å². The topological polar surface area (TPSA) is 90.4 Å². The molecule has 3 aliphatic rings. The highest BCUT2D eigenvalue weighted by Gasteiger charge is 2.77. The number of para-hydroxylation sites is 1. The number of carbonyl (C=O) groups excluding carboxylic acids is 3. The summed E-state index contributed by atoms with van der Waals surface area (Å²) in [5.74, 6) is -0.823. The summed E-state index contributed by atoms with van der Waals surface area (Å²) in [6.07, 6.45) is 8.00. The van der Waals surface area contributed by atoms with Gasteiger partial charge < -0.3 is 24.5 Å². The van der Waals surface area contributed by atoms with Crippen molar-refractivity contribution >= 4 is 40.9 Å². The van der Waals surface area contributed by atoms with Crippen molar-refractivity contribution in [2.24, 2.45) is 11.8 Å². The van der Waals surface area contributed by atoms with E-state index in [0.29, 0.717) is 39.1 Å². The quantitative estimate of drug-likeness (QED) is 0.162. The monoisotopic (exact) mass is 673 g/mol. The molecule has 8 nitrogen and oxygen atoms in total. The largest absolute Gasteiger partial charge is 0.494 e. The molecule has 2 aromatic carbocycles. The van der Waals surface area contributed by atoms with Crippen LogP contribution in [0.3, 0.4) is 0 Å². The molecule has 0 saturated carbocycles. The predicted octanol–water partition coefficient (Wildman–Crippen LogP) is 6.47. The van der Waals surface area contributed by atoms with E-state index in [1.807, 2.05) is 68.1 Å². The molecule has 9 heteroatoms. The van der Waals surface area contributed by atoms with Gasteiger partial charge in [0.05, 0.1) is 23.2 Å². The molecule has 2 bridgehead atoms. The number of aryl methyl sites for hydroxylation is 2. The molecule has 0 aliphatic carbocycles. The first-order chi connectivity index (χ1) is 23.1. The van der Waals surface area contributed by atoms with Crippen LogP contribution in [0.15, 0.2) is 67.8 Å². The zero-order chi connectivity index (χ0) is 34.6. The number of rotatable bonds is 16. The van der Waals surface area contributed by atoms with Gasteiger partial charge in [0.25, 0.3) is 5.91 Å². The maximum atomic E-state index is 15.1. The third kappa shape index (κ3) is 6.31. The Labute approximate surface area is 290 Å². The number of anilines is 2. The first-order valence-corrected chi connectivity index (χ1v) is 18.1. The van der Waals surface area contributed by atoms with Crippen LogP contribution in [0.2, 0.25) is 0 Å². The van der Waals surface area contributed by atoms with Gasteiger partial charge >= 0.3 is 0 Å². The zero-order valence-electron chi connectivity index (χ0n) is 29.0. The van der Waals surface area contributed by atoms with Crippen LogP contribution < -0.4 is 14.5 Å². The fourth-order valence-electron chi connectivity index (χ4n) is 8.38. The lowest BCUT2D eigenvalue weighted by Crippen LogP contribution is -2.55. The number of hydrogen-bond donors (Lipinski definition) is 1. The molecule has 0 radical (unpaired) electrons. The van der Waals surface area contributed by atoms with Crippen LogP contribution in [0.5, 0.6) is 5.75 Å². The van der Waals surface area contributed by atoms with Crippen LogP contribution in [0.4, 0.5) is 11.4 Å². The highest BCUT2D eigenvalue weighted by molar-refractivity contribution is 8.02. The SMILES string of the molecule is C=CCN(C(=O)[C@H]1[C@H]2C(=O)N(CCCCCCO)C(C(=O)N(CC=C)c3c(C)cccc3C)C23CC[C@]1(C)S3)c1ccc(OCC)cc1. The van der Waals surface area contributed by atoms with E-state index < -0.39 is 27.4 Å². The summed E-state index contributed by atoms with van der Waals surface area (Å²) in [6, 6.07) is 12.8. The maximum Gasteiger partial charge on any atom is 0.251 e. The lowest BCUT2D eigenvalue weighted by Gasteiger charge is -2.38. The number of hydrogen-bond acceptors (Lipinski definition) is 6. The molecule has 5 atom stereocenters. The van der Waals surface area contributed by atoms with Crippen molar-refractivity contribution in [3.8, 4) is 5.75 Å². The number of benzene rings is 2. The van der Waals surface area contributed by atoms with Crippen molar-refractivity contribution < 1.29 is 24.2 Å². The second-order valence-electron chi connectivity index (χ2n) is 13.5. The minimum atomic E-state index is -0.733. The van der Waals surface area contributed by atoms with Crippen LogP contribution >= 0.6 is 11.8 Å². The third-order valence-corrected chi connectivity index (χ3v) is 12.4. The standard InChI is InChI=1S/C39H51N3O5S/c1-7-23-40(29-17-19-30(20-18-29)47-9-3)35(44)31-32-36(45)42(25-12-10-11-13-26-43)34(39(32)22-21-38(31,6)48-39)37(46)41(24-8-2)33-27(4)15-14-16-28(33)5/h7-8,14-20,31-32,34,43H,1-2,9-13,21-26H2,3-6H3/t31-,32+,34?,38+,39?/m1/s1. The maximum absolute atomic E-state index is 15.1. The minimum Gasteiger partial charge on any atom is -0.494 e. The second kappa shape index (κ2) is 14.9. The van der Waals surface area contributed by atoms with Crippen LogP contribution in [0.1, 0.15) is 63.5 Å². The Bertz CT molecular complexity index is 1510. The molecule has 5 rings (SSSR count). The smallest absolute Gasteiger partial charge is 0.251 e. The van der Waals surface area contributed by atoms with Gasteiger partial charge in [-0.1, -0.05) is 43.2 Å². The summed E-state index contributed by atoms with van der Waals surface area (Å²) in [6.45, 7) is 17.7. The van der Waals surface area contributed by atoms with Crippen LogP contribution in [-0.4, -0.2) is 76.1 Å². The molecule has 258 valence electrons. The molecule has 0 aromatic heterocycles.